The van der Waals surface area contributed by atoms with Crippen molar-refractivity contribution in [1.29, 1.82) is 0 Å². The van der Waals surface area contributed by atoms with Gasteiger partial charge in [0, 0.05) is 80.3 Å². The van der Waals surface area contributed by atoms with Gasteiger partial charge in [-0.1, -0.05) is 117 Å². The summed E-state index contributed by atoms with van der Waals surface area (Å²) in [5, 5.41) is 8.53. The van der Waals surface area contributed by atoms with E-state index < -0.39 is 0 Å². The van der Waals surface area contributed by atoms with Crippen molar-refractivity contribution in [2.24, 2.45) is 0 Å². The number of nitrogens with one attached hydrogen (secondary N) is 3. The third kappa shape index (κ3) is 21.6. The van der Waals surface area contributed by atoms with Crippen molar-refractivity contribution in [1.82, 2.24) is 38.2 Å². The summed E-state index contributed by atoms with van der Waals surface area (Å²) in [7, 11) is 4.65. The molecular weight excluding hydrogens is 1800 g/mol. The zero-order valence-electron chi connectivity index (χ0n) is 75.4. The molecule has 0 spiro atoms. The van der Waals surface area contributed by atoms with Gasteiger partial charge in [-0.25, -0.2) is 37.5 Å². The molecule has 0 aliphatic heterocycles. The van der Waals surface area contributed by atoms with Crippen LogP contribution in [-0.4, -0.2) is 88.8 Å². The van der Waals surface area contributed by atoms with E-state index in [1.165, 1.54) is 114 Å². The minimum Gasteiger partial charge on any atom is -0.495 e. The number of nitrogens with zero attached hydrogens (tertiary/aromatic N) is 8. The van der Waals surface area contributed by atoms with Gasteiger partial charge in [-0.2, -0.15) is 0 Å². The first-order chi connectivity index (χ1) is 66.3. The number of furan rings is 4. The van der Waals surface area contributed by atoms with Crippen LogP contribution < -0.4 is 30.2 Å². The Balaban J connectivity index is 0.000000126. The monoisotopic (exact) mass is 1900 g/mol. The maximum atomic E-state index is 13.6. The molecule has 28 heteroatoms. The smallest absolute Gasteiger partial charge is 0.291 e. The summed E-state index contributed by atoms with van der Waals surface area (Å²) in [6.07, 6.45) is 27.8. The van der Waals surface area contributed by atoms with Crippen molar-refractivity contribution in [3.8, 4) is 108 Å². The van der Waals surface area contributed by atoms with Gasteiger partial charge in [0.2, 0.25) is 5.78 Å². The lowest BCUT2D eigenvalue weighted by Gasteiger charge is -2.24. The van der Waals surface area contributed by atoms with E-state index >= 15 is 0 Å². The number of methoxy groups -OCH3 is 3. The molecule has 0 unspecified atom stereocenters. The van der Waals surface area contributed by atoms with E-state index in [1.807, 2.05) is 67.8 Å². The van der Waals surface area contributed by atoms with Gasteiger partial charge >= 0.3 is 0 Å². The van der Waals surface area contributed by atoms with Crippen molar-refractivity contribution in [3.63, 3.8) is 0 Å². The fourth-order valence-electron chi connectivity index (χ4n) is 18.2. The number of anilines is 3. The molecule has 3 amide bonds. The van der Waals surface area contributed by atoms with Gasteiger partial charge in [-0.15, -0.1) is 0 Å². The minimum atomic E-state index is -0.388. The lowest BCUT2D eigenvalue weighted by Crippen LogP contribution is -2.13. The molecule has 0 atom stereocenters. The van der Waals surface area contributed by atoms with E-state index in [-0.39, 0.29) is 82.0 Å². The third-order valence-electron chi connectivity index (χ3n) is 25.1. The van der Waals surface area contributed by atoms with Gasteiger partial charge in [-0.05, 0) is 258 Å². The lowest BCUT2D eigenvalue weighted by atomic mass is 9.95. The molecule has 0 saturated heterocycles. The van der Waals surface area contributed by atoms with Crippen LogP contribution in [0.2, 0.25) is 0 Å². The van der Waals surface area contributed by atoms with Crippen LogP contribution in [0, 0.1) is 23.3 Å². The van der Waals surface area contributed by atoms with Crippen molar-refractivity contribution in [3.05, 3.63) is 324 Å². The van der Waals surface area contributed by atoms with Crippen LogP contribution >= 0.6 is 15.9 Å². The fraction of sp³-hybridized carbons (Fsp3) is 0.250. The maximum absolute atomic E-state index is 13.6. The first-order valence-electron chi connectivity index (χ1n) is 45.7. The van der Waals surface area contributed by atoms with E-state index in [2.05, 4.69) is 70.1 Å². The lowest BCUT2D eigenvalue weighted by molar-refractivity contribution is 0.0963. The van der Waals surface area contributed by atoms with Gasteiger partial charge in [0.25, 0.3) is 17.7 Å². The molecule has 8 heterocycles. The van der Waals surface area contributed by atoms with Crippen LogP contribution in [0.15, 0.2) is 284 Å². The largest absolute Gasteiger partial charge is 0.495 e. The van der Waals surface area contributed by atoms with Gasteiger partial charge in [0.1, 0.15) is 51.8 Å². The number of carbonyl (C=O) groups excluding carboxylic acids is 5. The molecule has 0 radical (unpaired) electrons. The first kappa shape index (κ1) is 92.9. The summed E-state index contributed by atoms with van der Waals surface area (Å²) in [6, 6.07) is 66.9. The van der Waals surface area contributed by atoms with E-state index in [4.69, 9.17) is 31.9 Å². The maximum Gasteiger partial charge on any atom is 0.291 e. The van der Waals surface area contributed by atoms with Crippen molar-refractivity contribution in [2.75, 3.05) is 37.3 Å². The number of ether oxygens (including phenoxy) is 3. The van der Waals surface area contributed by atoms with Gasteiger partial charge in [-0.3, -0.25) is 24.0 Å². The molecule has 136 heavy (non-hydrogen) atoms. The molecule has 8 aromatic carbocycles. The number of aromatic nitrogens is 8. The number of imidazole rings is 4. The number of halogens is 5. The minimum absolute atomic E-state index is 0.00918. The quantitative estimate of drug-likeness (QED) is 0.0354. The van der Waals surface area contributed by atoms with E-state index in [0.717, 1.165) is 119 Å². The highest BCUT2D eigenvalue weighted by atomic mass is 79.9. The number of ketones is 2. The standard InChI is InChI=1S/C29H27FN2O3.C28H28FN3O4.C26H24FN3O3.C25H21BrFN3O2/c1-19(33)21-9-7-20(8-10-21)17-25(34)26-15-16-27(35-26)29-28(22-11-13-23(30)14-12-22)31-18-32(29)24-5-3-2-4-6-24;1-34-22-13-12-20(16-25(22)35-2)31-28(33)24-15-14-23(36-24)27-26(18-8-10-19(29)11-9-18)30-17-32(27)21-6-4-3-5-7-21;1-32-21-9-5-4-8-20(21)29-26(31)23-15-14-22(33-23)25-24(17-10-12-18(27)13-11-17)28-16-30(25)19-6-2-3-7-19;26-17-7-11-19(12-8-17)29-25(31)22-14-13-21(32-22)24-23(16-5-9-18(27)10-6-16)28-15-30(24)20-3-1-2-4-20/h7-16,18,24H,2-6,17H2,1H3;8-17,21H,3-7H2,1-2H3,(H,31,33);4-5,8-16,19H,2-3,6-7H2,1H3,(H,29,31);5-15,20H,1-4H2,(H,29,31). The summed E-state index contributed by atoms with van der Waals surface area (Å²) in [5.41, 5.74) is 12.4. The van der Waals surface area contributed by atoms with E-state index in [0.29, 0.717) is 110 Å². The number of rotatable bonds is 25. The highest BCUT2D eigenvalue weighted by Crippen LogP contribution is 2.46. The van der Waals surface area contributed by atoms with Crippen molar-refractivity contribution < 1.29 is 73.4 Å². The zero-order valence-corrected chi connectivity index (χ0v) is 77.0. The Hall–Kier alpha value is -14.9. The second-order valence-corrected chi connectivity index (χ2v) is 34.9. The summed E-state index contributed by atoms with van der Waals surface area (Å²) < 4.78 is 104. The average Bonchev–Trinajstić information content (AvgIpc) is 1.63. The van der Waals surface area contributed by atoms with Crippen LogP contribution in [-0.2, 0) is 6.42 Å². The predicted octanol–water partition coefficient (Wildman–Crippen LogP) is 27.2. The average molecular weight is 1900 g/mol. The van der Waals surface area contributed by atoms with Crippen molar-refractivity contribution in [2.45, 2.75) is 153 Å². The number of Topliss-reactive ketones (excluding diaryl/α,β-unsaturated/α-hetero) is 2. The van der Waals surface area contributed by atoms with Crippen LogP contribution in [0.3, 0.4) is 0 Å². The molecule has 8 aromatic heterocycles. The summed E-state index contributed by atoms with van der Waals surface area (Å²) in [6.45, 7) is 1.52. The number of para-hydroxylation sites is 2. The molecule has 3 N–H and O–H groups in total. The molecule has 23 nitrogen and oxygen atoms in total. The molecule has 694 valence electrons. The molecule has 4 aliphatic rings. The SMILES string of the molecule is CC(=O)c1ccc(CC(=O)c2ccc(-c3c(-c4ccc(F)cc4)ncn3C3CCCCC3)o2)cc1.COc1ccc(NC(=O)c2ccc(-c3c(-c4ccc(F)cc4)ncn3C3CCCCC3)o2)cc1OC.COc1ccccc1NC(=O)c1ccc(-c2c(-c3ccc(F)cc3)ncn2C2CCCC2)o1.O=C(Nc1ccc(Br)cc1)c1ccc(-c2c(-c3ccc(F)cc3)ncn2C2CCCC2)o1. The molecule has 20 rings (SSSR count). The molecule has 4 fully saturated rings. The summed E-state index contributed by atoms with van der Waals surface area (Å²) >= 11 is 3.39. The highest BCUT2D eigenvalue weighted by molar-refractivity contribution is 9.10. The normalized spacial score (nSPS) is 14.0. The van der Waals surface area contributed by atoms with Crippen LogP contribution in [0.5, 0.6) is 17.2 Å². The first-order valence-corrected chi connectivity index (χ1v) is 46.5. The Morgan fingerprint density at radius 1 is 0.353 bits per heavy atom. The number of amides is 3. The van der Waals surface area contributed by atoms with E-state index in [1.54, 1.807) is 160 Å². The highest BCUT2D eigenvalue weighted by Gasteiger charge is 2.32. The number of carbonyl (C=O) groups is 5. The topological polar surface area (TPSA) is 273 Å². The second-order valence-electron chi connectivity index (χ2n) is 34.0. The van der Waals surface area contributed by atoms with Gasteiger partial charge in [0.15, 0.2) is 63.4 Å². The Kier molecular flexibility index (Phi) is 29.3. The fourth-order valence-corrected chi connectivity index (χ4v) is 18.4. The molecule has 16 aromatic rings. The Morgan fingerprint density at radius 2 is 0.676 bits per heavy atom. The van der Waals surface area contributed by atoms with Gasteiger partial charge < -0.3 is 66.1 Å². The number of hydrogen-bond acceptors (Lipinski definition) is 16. The van der Waals surface area contributed by atoms with Gasteiger partial charge in [0.05, 0.1) is 75.1 Å². The zero-order chi connectivity index (χ0) is 94.3. The summed E-state index contributed by atoms with van der Waals surface area (Å²) in [4.78, 5) is 81.7. The Labute approximate surface area is 791 Å². The predicted molar refractivity (Wildman–Crippen MR) is 516 cm³/mol. The second kappa shape index (κ2) is 43.0. The Bertz CT molecular complexity index is 6840. The molecule has 4 aliphatic carbocycles. The number of hydrogen-bond donors (Lipinski definition) is 3. The molecule has 4 saturated carbocycles. The summed E-state index contributed by atoms with van der Waals surface area (Å²) in [5.74, 6) is 2.26. The molecular formula is C108H100BrF4N11O12. The molecule has 0 bridgehead atoms. The van der Waals surface area contributed by atoms with Crippen LogP contribution in [0.1, 0.15) is 205 Å². The number of benzene rings is 8. The van der Waals surface area contributed by atoms with E-state index in [9.17, 15) is 41.5 Å². The third-order valence-corrected chi connectivity index (χ3v) is 25.7. The Morgan fingerprint density at radius 3 is 1.04 bits per heavy atom. The van der Waals surface area contributed by atoms with Crippen LogP contribution in [0.4, 0.5) is 34.6 Å². The van der Waals surface area contributed by atoms with Crippen molar-refractivity contribution >= 4 is 62.3 Å². The van der Waals surface area contributed by atoms with Crippen LogP contribution in [0.25, 0.3) is 90.8 Å².